The van der Waals surface area contributed by atoms with Crippen LogP contribution in [0.3, 0.4) is 0 Å². The second-order valence-electron chi connectivity index (χ2n) is 5.20. The van der Waals surface area contributed by atoms with E-state index in [1.165, 1.54) is 7.11 Å². The maximum atomic E-state index is 12.5. The number of carbonyl (C=O) groups excluding carboxylic acids is 1. The highest BCUT2D eigenvalue weighted by Gasteiger charge is 2.16. The van der Waals surface area contributed by atoms with Gasteiger partial charge in [-0.2, -0.15) is 0 Å². The second kappa shape index (κ2) is 6.50. The zero-order valence-electron chi connectivity index (χ0n) is 13.4. The molecule has 0 radical (unpaired) electrons. The van der Waals surface area contributed by atoms with Gasteiger partial charge in [0.05, 0.1) is 25.5 Å². The summed E-state index contributed by atoms with van der Waals surface area (Å²) in [5.74, 6) is 0.640. The number of ether oxygens (including phenoxy) is 2. The fourth-order valence-corrected chi connectivity index (χ4v) is 2.53. The summed E-state index contributed by atoms with van der Waals surface area (Å²) in [6.45, 7) is 0. The highest BCUT2D eigenvalue weighted by atomic mass is 16.5. The molecule has 5 nitrogen and oxygen atoms in total. The van der Waals surface area contributed by atoms with E-state index in [1.807, 2.05) is 18.2 Å². The van der Waals surface area contributed by atoms with E-state index in [4.69, 9.17) is 9.47 Å². The number of fused-ring (bicyclic) bond motifs is 1. The summed E-state index contributed by atoms with van der Waals surface area (Å²) in [5, 5.41) is 14.6. The van der Waals surface area contributed by atoms with Crippen LogP contribution in [0.15, 0.2) is 54.6 Å². The summed E-state index contributed by atoms with van der Waals surface area (Å²) in [5.41, 5.74) is 0.697. The number of phenols is 1. The molecule has 0 bridgehead atoms. The number of hydrogen-bond donors (Lipinski definition) is 2. The number of anilines is 1. The molecule has 24 heavy (non-hydrogen) atoms. The van der Waals surface area contributed by atoms with Gasteiger partial charge in [0, 0.05) is 11.5 Å². The number of methoxy groups -OCH3 is 2. The van der Waals surface area contributed by atoms with Crippen molar-refractivity contribution in [2.24, 2.45) is 0 Å². The van der Waals surface area contributed by atoms with Crippen molar-refractivity contribution in [1.29, 1.82) is 0 Å². The molecule has 1 amide bonds. The molecule has 122 valence electrons. The molecule has 3 aromatic rings. The Bertz CT molecular complexity index is 905. The molecule has 0 aliphatic rings. The van der Waals surface area contributed by atoms with Crippen molar-refractivity contribution < 1.29 is 19.4 Å². The molecule has 0 aliphatic carbocycles. The van der Waals surface area contributed by atoms with Crippen LogP contribution in [0.1, 0.15) is 10.4 Å². The van der Waals surface area contributed by atoms with Crippen LogP contribution in [-0.2, 0) is 0 Å². The van der Waals surface area contributed by atoms with Crippen LogP contribution >= 0.6 is 0 Å². The first kappa shape index (κ1) is 15.7. The molecular weight excluding hydrogens is 306 g/mol. The summed E-state index contributed by atoms with van der Waals surface area (Å²) in [6, 6.07) is 15.8. The van der Waals surface area contributed by atoms with Crippen LogP contribution in [-0.4, -0.2) is 25.2 Å². The van der Waals surface area contributed by atoms with Crippen molar-refractivity contribution in [3.05, 3.63) is 60.2 Å². The topological polar surface area (TPSA) is 67.8 Å². The van der Waals surface area contributed by atoms with E-state index >= 15 is 0 Å². The van der Waals surface area contributed by atoms with Crippen molar-refractivity contribution in [1.82, 2.24) is 0 Å². The average molecular weight is 323 g/mol. The van der Waals surface area contributed by atoms with Gasteiger partial charge in [0.1, 0.15) is 17.2 Å². The number of aromatic hydroxyl groups is 1. The van der Waals surface area contributed by atoms with E-state index in [1.54, 1.807) is 43.5 Å². The first-order valence-electron chi connectivity index (χ1n) is 7.38. The SMILES string of the molecule is COc1ccc(NC(=O)c2ccc3ccccc3c2O)c(OC)c1. The highest BCUT2D eigenvalue weighted by Crippen LogP contribution is 2.32. The van der Waals surface area contributed by atoms with Gasteiger partial charge in [0.15, 0.2) is 0 Å². The fraction of sp³-hybridized carbons (Fsp3) is 0.105. The van der Waals surface area contributed by atoms with E-state index in [-0.39, 0.29) is 11.3 Å². The van der Waals surface area contributed by atoms with E-state index in [2.05, 4.69) is 5.32 Å². The molecule has 3 aromatic carbocycles. The largest absolute Gasteiger partial charge is 0.506 e. The Labute approximate surface area is 139 Å². The first-order valence-corrected chi connectivity index (χ1v) is 7.38. The smallest absolute Gasteiger partial charge is 0.259 e. The summed E-state index contributed by atoms with van der Waals surface area (Å²) in [7, 11) is 3.07. The van der Waals surface area contributed by atoms with E-state index in [0.29, 0.717) is 22.6 Å². The van der Waals surface area contributed by atoms with E-state index < -0.39 is 5.91 Å². The van der Waals surface area contributed by atoms with Gasteiger partial charge in [-0.25, -0.2) is 0 Å². The van der Waals surface area contributed by atoms with Gasteiger partial charge in [0.2, 0.25) is 0 Å². The summed E-state index contributed by atoms with van der Waals surface area (Å²) in [4.78, 5) is 12.5. The van der Waals surface area contributed by atoms with Gasteiger partial charge in [-0.15, -0.1) is 0 Å². The normalized spacial score (nSPS) is 10.4. The van der Waals surface area contributed by atoms with Crippen molar-refractivity contribution in [3.8, 4) is 17.2 Å². The Kier molecular flexibility index (Phi) is 4.24. The lowest BCUT2D eigenvalue weighted by atomic mass is 10.0. The Morgan fingerprint density at radius 1 is 1.00 bits per heavy atom. The zero-order valence-corrected chi connectivity index (χ0v) is 13.4. The van der Waals surface area contributed by atoms with Crippen molar-refractivity contribution in [3.63, 3.8) is 0 Å². The Morgan fingerprint density at radius 3 is 2.54 bits per heavy atom. The van der Waals surface area contributed by atoms with Gasteiger partial charge in [-0.3, -0.25) is 4.79 Å². The minimum atomic E-state index is -0.415. The van der Waals surface area contributed by atoms with E-state index in [0.717, 1.165) is 5.39 Å². The molecule has 5 heteroatoms. The van der Waals surface area contributed by atoms with Crippen LogP contribution in [0.4, 0.5) is 5.69 Å². The molecular formula is C19H17NO4. The molecule has 0 atom stereocenters. The lowest BCUT2D eigenvalue weighted by Crippen LogP contribution is -2.13. The summed E-state index contributed by atoms with van der Waals surface area (Å²) in [6.07, 6.45) is 0. The molecule has 0 unspecified atom stereocenters. The Morgan fingerprint density at radius 2 is 1.79 bits per heavy atom. The minimum absolute atomic E-state index is 0.0434. The first-order chi connectivity index (χ1) is 11.6. The number of benzene rings is 3. The van der Waals surface area contributed by atoms with Gasteiger partial charge >= 0.3 is 0 Å². The quantitative estimate of drug-likeness (QED) is 0.766. The summed E-state index contributed by atoms with van der Waals surface area (Å²) < 4.78 is 10.4. The molecule has 0 spiro atoms. The molecule has 0 fully saturated rings. The maximum absolute atomic E-state index is 12.5. The predicted octanol–water partition coefficient (Wildman–Crippen LogP) is 3.81. The lowest BCUT2D eigenvalue weighted by molar-refractivity contribution is 0.102. The van der Waals surface area contributed by atoms with Gasteiger partial charge in [0.25, 0.3) is 5.91 Å². The van der Waals surface area contributed by atoms with E-state index in [9.17, 15) is 9.90 Å². The second-order valence-corrected chi connectivity index (χ2v) is 5.20. The van der Waals surface area contributed by atoms with Crippen molar-refractivity contribution in [2.75, 3.05) is 19.5 Å². The monoisotopic (exact) mass is 323 g/mol. The Balaban J connectivity index is 1.94. The number of carbonyl (C=O) groups is 1. The highest BCUT2D eigenvalue weighted by molar-refractivity contribution is 6.10. The zero-order chi connectivity index (χ0) is 17.1. The molecule has 0 saturated heterocycles. The van der Waals surface area contributed by atoms with Crippen molar-refractivity contribution >= 4 is 22.4 Å². The molecule has 0 saturated carbocycles. The van der Waals surface area contributed by atoms with Crippen LogP contribution in [0.5, 0.6) is 17.2 Å². The van der Waals surface area contributed by atoms with Gasteiger partial charge < -0.3 is 19.9 Å². The molecule has 0 heterocycles. The Hall–Kier alpha value is -3.21. The molecule has 3 rings (SSSR count). The van der Waals surface area contributed by atoms with Crippen LogP contribution < -0.4 is 14.8 Å². The molecule has 0 aromatic heterocycles. The van der Waals surface area contributed by atoms with Crippen LogP contribution in [0.2, 0.25) is 0 Å². The van der Waals surface area contributed by atoms with Crippen molar-refractivity contribution in [2.45, 2.75) is 0 Å². The standard InChI is InChI=1S/C19H17NO4/c1-23-13-8-10-16(17(11-13)24-2)20-19(22)15-9-7-12-5-3-4-6-14(12)18(15)21/h3-11,21H,1-2H3,(H,20,22). The maximum Gasteiger partial charge on any atom is 0.259 e. The van der Waals surface area contributed by atoms with Gasteiger partial charge in [-0.05, 0) is 23.6 Å². The number of amides is 1. The third kappa shape index (κ3) is 2.84. The fourth-order valence-electron chi connectivity index (χ4n) is 2.53. The van der Waals surface area contributed by atoms with Gasteiger partial charge in [-0.1, -0.05) is 30.3 Å². The predicted molar refractivity (Wildman–Crippen MR) is 93.1 cm³/mol. The average Bonchev–Trinajstić information content (AvgIpc) is 2.62. The van der Waals surface area contributed by atoms with Crippen LogP contribution in [0.25, 0.3) is 10.8 Å². The lowest BCUT2D eigenvalue weighted by Gasteiger charge is -2.13. The third-order valence-corrected chi connectivity index (χ3v) is 3.80. The number of nitrogens with one attached hydrogen (secondary N) is 1. The third-order valence-electron chi connectivity index (χ3n) is 3.80. The number of phenolic OH excluding ortho intramolecular Hbond substituents is 1. The summed E-state index contributed by atoms with van der Waals surface area (Å²) >= 11 is 0. The number of rotatable bonds is 4. The minimum Gasteiger partial charge on any atom is -0.506 e. The number of hydrogen-bond acceptors (Lipinski definition) is 4. The van der Waals surface area contributed by atoms with Crippen LogP contribution in [0, 0.1) is 0 Å². The molecule has 2 N–H and O–H groups in total. The molecule has 0 aliphatic heterocycles.